The van der Waals surface area contributed by atoms with Crippen molar-refractivity contribution in [2.24, 2.45) is 0 Å². The van der Waals surface area contributed by atoms with E-state index in [1.54, 1.807) is 0 Å². The maximum Gasteiger partial charge on any atom is 0.306 e. The molecule has 9 nitrogen and oxygen atoms in total. The van der Waals surface area contributed by atoms with Crippen LogP contribution in [0.3, 0.4) is 0 Å². The number of unbranched alkanes of at least 4 members (excludes halogenated alkanes) is 22. The number of hydrogen-bond acceptors (Lipinski definition) is 8. The number of quaternary nitrogens is 1. The lowest BCUT2D eigenvalue weighted by molar-refractivity contribution is -0.870. The van der Waals surface area contributed by atoms with Crippen molar-refractivity contribution < 1.29 is 42.1 Å². The van der Waals surface area contributed by atoms with Gasteiger partial charge < -0.3 is 27.9 Å². The second-order valence-corrected chi connectivity index (χ2v) is 17.5. The Labute approximate surface area is 332 Å². The van der Waals surface area contributed by atoms with Crippen LogP contribution >= 0.6 is 7.82 Å². The molecule has 0 rings (SSSR count). The third kappa shape index (κ3) is 40.2. The molecule has 0 saturated carbocycles. The van der Waals surface area contributed by atoms with E-state index in [-0.39, 0.29) is 26.1 Å². The first kappa shape index (κ1) is 52.5. The number of carbonyl (C=O) groups excluding carboxylic acids is 2. The minimum Gasteiger partial charge on any atom is -0.756 e. The molecule has 10 heteroatoms. The first-order valence-electron chi connectivity index (χ1n) is 22.0. The summed E-state index contributed by atoms with van der Waals surface area (Å²) in [5.74, 6) is -0.857. The Morgan fingerprint density at radius 3 is 1.37 bits per heavy atom. The maximum absolute atomic E-state index is 12.7. The largest absolute Gasteiger partial charge is 0.756 e. The molecule has 0 aromatic rings. The number of allylic oxidation sites excluding steroid dienone is 4. The molecule has 318 valence electrons. The van der Waals surface area contributed by atoms with Gasteiger partial charge in [0, 0.05) is 12.8 Å². The van der Waals surface area contributed by atoms with E-state index in [1.165, 1.54) is 89.9 Å². The van der Waals surface area contributed by atoms with E-state index in [9.17, 15) is 19.0 Å². The molecule has 0 fully saturated rings. The fraction of sp³-hybridized carbons (Fsp3) is 0.864. The van der Waals surface area contributed by atoms with Crippen molar-refractivity contribution >= 4 is 19.8 Å². The van der Waals surface area contributed by atoms with E-state index >= 15 is 0 Å². The van der Waals surface area contributed by atoms with Crippen molar-refractivity contribution in [3.05, 3.63) is 24.3 Å². The van der Waals surface area contributed by atoms with Crippen LogP contribution in [0, 0.1) is 0 Å². The van der Waals surface area contributed by atoms with Gasteiger partial charge in [-0.3, -0.25) is 14.2 Å². The van der Waals surface area contributed by atoms with Crippen LogP contribution in [0.15, 0.2) is 24.3 Å². The number of rotatable bonds is 40. The monoisotopic (exact) mass is 786 g/mol. The lowest BCUT2D eigenvalue weighted by atomic mass is 10.1. The number of ether oxygens (including phenoxy) is 2. The van der Waals surface area contributed by atoms with Crippen LogP contribution in [0.5, 0.6) is 0 Å². The van der Waals surface area contributed by atoms with Gasteiger partial charge in [0.1, 0.15) is 19.8 Å². The molecule has 0 aromatic heterocycles. The summed E-state index contributed by atoms with van der Waals surface area (Å²) < 4.78 is 33.9. The molecule has 0 bridgehead atoms. The summed E-state index contributed by atoms with van der Waals surface area (Å²) in [6.07, 6.45) is 39.1. The van der Waals surface area contributed by atoms with Gasteiger partial charge in [0.2, 0.25) is 0 Å². The van der Waals surface area contributed by atoms with E-state index in [2.05, 4.69) is 38.2 Å². The molecular formula is C44H84NO8P. The second kappa shape index (κ2) is 37.1. The van der Waals surface area contributed by atoms with E-state index in [0.717, 1.165) is 64.2 Å². The molecule has 0 saturated heterocycles. The van der Waals surface area contributed by atoms with Crippen LogP contribution in [-0.4, -0.2) is 70.0 Å². The highest BCUT2D eigenvalue weighted by Crippen LogP contribution is 2.38. The first-order valence-corrected chi connectivity index (χ1v) is 23.5. The Hall–Kier alpha value is -1.51. The van der Waals surface area contributed by atoms with Crippen LogP contribution in [0.1, 0.15) is 194 Å². The van der Waals surface area contributed by atoms with Gasteiger partial charge in [0.05, 0.1) is 27.7 Å². The van der Waals surface area contributed by atoms with Crippen molar-refractivity contribution in [2.45, 2.75) is 200 Å². The Kier molecular flexibility index (Phi) is 36.1. The minimum absolute atomic E-state index is 0.0335. The lowest BCUT2D eigenvalue weighted by Gasteiger charge is -2.28. The molecule has 0 amide bonds. The SMILES string of the molecule is CCCCCCCCC/C=C/CCCCCCC(=O)OC[C@H](COP(=O)([O-])OCC[N+](C)(C)C)OC(=O)CCCCCC/C=C/CCCCCCCCC. The zero-order valence-corrected chi connectivity index (χ0v) is 36.6. The molecule has 0 N–H and O–H groups in total. The standard InChI is InChI=1S/C44H84NO8P/c1-6-8-10-12-14-16-18-20-22-24-26-28-30-32-34-36-43(46)50-40-42(41-52-54(48,49)51-39-38-45(3,4)5)53-44(47)37-35-33-31-29-27-25-23-21-19-17-15-13-11-9-7-2/h22-25,42H,6-21,26-41H2,1-5H3/b24-22+,25-23+/t42-/m1/s1. The van der Waals surface area contributed by atoms with E-state index in [4.69, 9.17) is 18.5 Å². The summed E-state index contributed by atoms with van der Waals surface area (Å²) in [7, 11) is 1.16. The highest BCUT2D eigenvalue weighted by Gasteiger charge is 2.21. The van der Waals surface area contributed by atoms with Crippen LogP contribution in [0.2, 0.25) is 0 Å². The number of phosphoric acid groups is 1. The smallest absolute Gasteiger partial charge is 0.306 e. The number of likely N-dealkylation sites (N-methyl/N-ethyl adjacent to an activating group) is 1. The predicted octanol–water partition coefficient (Wildman–Crippen LogP) is 11.7. The maximum atomic E-state index is 12.7. The molecule has 0 aromatic carbocycles. The van der Waals surface area contributed by atoms with Crippen LogP contribution in [0.25, 0.3) is 0 Å². The highest BCUT2D eigenvalue weighted by molar-refractivity contribution is 7.45. The van der Waals surface area contributed by atoms with Crippen LogP contribution in [0.4, 0.5) is 0 Å². The minimum atomic E-state index is -4.63. The second-order valence-electron chi connectivity index (χ2n) is 16.1. The lowest BCUT2D eigenvalue weighted by Crippen LogP contribution is -2.37. The fourth-order valence-corrected chi connectivity index (χ4v) is 6.67. The summed E-state index contributed by atoms with van der Waals surface area (Å²) in [6, 6.07) is 0. The third-order valence-electron chi connectivity index (χ3n) is 9.44. The van der Waals surface area contributed by atoms with E-state index < -0.39 is 32.5 Å². The van der Waals surface area contributed by atoms with Gasteiger partial charge in [-0.2, -0.15) is 0 Å². The normalized spacial score (nSPS) is 13.8. The van der Waals surface area contributed by atoms with Crippen molar-refractivity contribution in [1.82, 2.24) is 0 Å². The zero-order chi connectivity index (χ0) is 40.0. The van der Waals surface area contributed by atoms with Gasteiger partial charge in [0.25, 0.3) is 7.82 Å². The Morgan fingerprint density at radius 1 is 0.556 bits per heavy atom. The molecule has 0 radical (unpaired) electrons. The van der Waals surface area contributed by atoms with Crippen molar-refractivity contribution in [3.8, 4) is 0 Å². The number of carbonyl (C=O) groups is 2. The van der Waals surface area contributed by atoms with Gasteiger partial charge in [-0.25, -0.2) is 0 Å². The average molecular weight is 786 g/mol. The van der Waals surface area contributed by atoms with Crippen molar-refractivity contribution in [1.29, 1.82) is 0 Å². The van der Waals surface area contributed by atoms with Gasteiger partial charge >= 0.3 is 11.9 Å². The average Bonchev–Trinajstić information content (AvgIpc) is 3.12. The summed E-state index contributed by atoms with van der Waals surface area (Å²) in [4.78, 5) is 37.5. The molecule has 0 heterocycles. The number of nitrogens with zero attached hydrogens (tertiary/aromatic N) is 1. The quantitative estimate of drug-likeness (QED) is 0.0198. The molecule has 0 aliphatic carbocycles. The summed E-state index contributed by atoms with van der Waals surface area (Å²) in [5.41, 5.74) is 0. The number of phosphoric ester groups is 1. The topological polar surface area (TPSA) is 111 Å². The highest BCUT2D eigenvalue weighted by atomic mass is 31.2. The van der Waals surface area contributed by atoms with Crippen LogP contribution in [-0.2, 0) is 32.7 Å². The molecule has 0 spiro atoms. The Bertz CT molecular complexity index is 980. The molecule has 0 aliphatic heterocycles. The van der Waals surface area contributed by atoms with Crippen molar-refractivity contribution in [2.75, 3.05) is 47.5 Å². The molecule has 1 unspecified atom stereocenters. The van der Waals surface area contributed by atoms with Crippen LogP contribution < -0.4 is 4.89 Å². The Morgan fingerprint density at radius 2 is 0.944 bits per heavy atom. The summed E-state index contributed by atoms with van der Waals surface area (Å²) in [5, 5.41) is 0. The van der Waals surface area contributed by atoms with Gasteiger partial charge in [-0.15, -0.1) is 0 Å². The Balaban J connectivity index is 4.39. The molecule has 54 heavy (non-hydrogen) atoms. The summed E-state index contributed by atoms with van der Waals surface area (Å²) >= 11 is 0. The summed E-state index contributed by atoms with van der Waals surface area (Å²) in [6.45, 7) is 4.20. The number of hydrogen-bond donors (Lipinski definition) is 0. The van der Waals surface area contributed by atoms with Gasteiger partial charge in [-0.05, 0) is 64.2 Å². The molecule has 0 aliphatic rings. The predicted molar refractivity (Wildman–Crippen MR) is 222 cm³/mol. The fourth-order valence-electron chi connectivity index (χ4n) is 5.94. The van der Waals surface area contributed by atoms with E-state index in [1.807, 2.05) is 21.1 Å². The third-order valence-corrected chi connectivity index (χ3v) is 10.4. The van der Waals surface area contributed by atoms with E-state index in [0.29, 0.717) is 23.9 Å². The first-order chi connectivity index (χ1) is 26.0. The van der Waals surface area contributed by atoms with Gasteiger partial charge in [0.15, 0.2) is 6.10 Å². The molecular weight excluding hydrogens is 701 g/mol. The zero-order valence-electron chi connectivity index (χ0n) is 35.7. The number of esters is 2. The van der Waals surface area contributed by atoms with Gasteiger partial charge in [-0.1, -0.05) is 141 Å². The van der Waals surface area contributed by atoms with Crippen molar-refractivity contribution in [3.63, 3.8) is 0 Å². The molecule has 2 atom stereocenters.